The Bertz CT molecular complexity index is 2800. The van der Waals surface area contributed by atoms with E-state index in [9.17, 15) is 26.4 Å². The van der Waals surface area contributed by atoms with Crippen molar-refractivity contribution in [2.24, 2.45) is 0 Å². The lowest BCUT2D eigenvalue weighted by Crippen LogP contribution is -2.58. The van der Waals surface area contributed by atoms with Crippen molar-refractivity contribution in [3.8, 4) is 12.0 Å². The Morgan fingerprint density at radius 3 is 1.47 bits per heavy atom. The van der Waals surface area contributed by atoms with Crippen LogP contribution >= 0.6 is 0 Å². The summed E-state index contributed by atoms with van der Waals surface area (Å²) in [5.74, 6) is -1.30. The number of benzene rings is 2. The first-order chi connectivity index (χ1) is 27.7. The van der Waals surface area contributed by atoms with E-state index in [1.165, 1.54) is 45.2 Å². The van der Waals surface area contributed by atoms with Crippen molar-refractivity contribution in [3.63, 3.8) is 0 Å². The molecule has 0 saturated heterocycles. The number of amides is 4. The van der Waals surface area contributed by atoms with E-state index >= 15 is 16.8 Å². The number of ether oxygens (including phenoxy) is 2. The Kier molecular flexibility index (Phi) is 11.6. The number of sulfone groups is 2. The predicted molar refractivity (Wildman–Crippen MR) is 206 cm³/mol. The number of carbonyl (C=O) groups excluding carboxylic acids is 2. The van der Waals surface area contributed by atoms with Gasteiger partial charge in [-0.15, -0.1) is 8.83 Å². The number of methoxy groups -OCH3 is 1. The summed E-state index contributed by atoms with van der Waals surface area (Å²) in [6.07, 6.45) is -0.00847. The maximum Gasteiger partial charge on any atom is 0.358 e. The fraction of sp³-hybridized carbons (Fsp3) is 0.394. The van der Waals surface area contributed by atoms with Gasteiger partial charge in [0.1, 0.15) is 21.4 Å². The van der Waals surface area contributed by atoms with Crippen LogP contribution in [0.3, 0.4) is 0 Å². The number of carbonyl (C=O) groups is 2. The van der Waals surface area contributed by atoms with Crippen LogP contribution in [0.1, 0.15) is 57.4 Å². The second-order valence-corrected chi connectivity index (χ2v) is 21.1. The van der Waals surface area contributed by atoms with Crippen molar-refractivity contribution in [1.29, 1.82) is 0 Å². The molecule has 4 aromatic rings. The van der Waals surface area contributed by atoms with Gasteiger partial charge in [0.05, 0.1) is 34.0 Å². The molecule has 4 amide bonds. The third-order valence-electron chi connectivity index (χ3n) is 9.14. The van der Waals surface area contributed by atoms with Gasteiger partial charge in [0, 0.05) is 12.8 Å². The third kappa shape index (κ3) is 7.71. The summed E-state index contributed by atoms with van der Waals surface area (Å²) < 4.78 is 125. The quantitative estimate of drug-likeness (QED) is 0.204. The zero-order chi connectivity index (χ0) is 43.2. The molecule has 316 valence electrons. The molecule has 0 fully saturated rings. The molecule has 0 radical (unpaired) electrons. The largest absolute Gasteiger partial charge is 0.467 e. The van der Waals surface area contributed by atoms with E-state index in [0.29, 0.717) is 0 Å². The Balaban J connectivity index is 1.66. The minimum absolute atomic E-state index is 0.0225. The zero-order valence-corrected chi connectivity index (χ0v) is 35.5. The molecular formula is C33H38N10O12S4. The van der Waals surface area contributed by atoms with Gasteiger partial charge >= 0.3 is 24.1 Å². The normalized spacial score (nSPS) is 17.7. The van der Waals surface area contributed by atoms with E-state index in [1.54, 1.807) is 20.8 Å². The molecule has 6 rings (SSSR count). The SMILES string of the molecule is CCOc1nc(CC)nc(NC(=O)N(N(C(=O)Nc2nc(CC)nc(OC)n2)S(=O)(=O)c2cccc3c2S(=O)(=O)C(C)C3)S(=O)(=O)c2cccc3c2S(=O)(=O)C(C)C3)n1. The summed E-state index contributed by atoms with van der Waals surface area (Å²) in [6.45, 7) is 7.56. The fourth-order valence-corrected chi connectivity index (χ4v) is 14.2. The highest BCUT2D eigenvalue weighted by atomic mass is 32.2. The van der Waals surface area contributed by atoms with E-state index in [1.807, 2.05) is 0 Å². The molecule has 2 unspecified atom stereocenters. The maximum atomic E-state index is 15.2. The molecule has 0 bridgehead atoms. The number of urea groups is 2. The maximum absolute atomic E-state index is 15.2. The molecule has 2 aromatic carbocycles. The van der Waals surface area contributed by atoms with Crippen LogP contribution in [0.5, 0.6) is 12.0 Å². The van der Waals surface area contributed by atoms with Gasteiger partial charge in [0.25, 0.3) is 20.0 Å². The number of nitrogens with zero attached hydrogens (tertiary/aromatic N) is 8. The number of rotatable bonds is 11. The molecule has 0 aliphatic carbocycles. The second kappa shape index (κ2) is 15.9. The van der Waals surface area contributed by atoms with Gasteiger partial charge in [-0.25, -0.2) is 26.4 Å². The summed E-state index contributed by atoms with van der Waals surface area (Å²) in [4.78, 5) is 49.7. The highest BCUT2D eigenvalue weighted by Gasteiger charge is 2.51. The number of nitrogens with one attached hydrogen (secondary N) is 2. The number of aromatic nitrogens is 6. The van der Waals surface area contributed by atoms with Crippen molar-refractivity contribution in [2.45, 2.75) is 90.4 Å². The summed E-state index contributed by atoms with van der Waals surface area (Å²) >= 11 is 0. The number of anilines is 2. The van der Waals surface area contributed by atoms with Crippen LogP contribution in [-0.2, 0) is 65.4 Å². The Morgan fingerprint density at radius 2 is 1.08 bits per heavy atom. The molecular weight excluding hydrogens is 857 g/mol. The highest BCUT2D eigenvalue weighted by molar-refractivity contribution is 7.96. The van der Waals surface area contributed by atoms with Gasteiger partial charge in [-0.1, -0.05) is 38.1 Å². The first-order valence-corrected chi connectivity index (χ1v) is 23.8. The van der Waals surface area contributed by atoms with Crippen molar-refractivity contribution in [1.82, 2.24) is 38.7 Å². The number of sulfonamides is 2. The Morgan fingerprint density at radius 1 is 0.678 bits per heavy atom. The zero-order valence-electron chi connectivity index (χ0n) is 32.3. The molecule has 0 saturated carbocycles. The Hall–Kier alpha value is -5.60. The van der Waals surface area contributed by atoms with Crippen molar-refractivity contribution < 1.29 is 52.7 Å². The fourth-order valence-electron chi connectivity index (χ4n) is 6.30. The number of aryl methyl sites for hydroxylation is 2. The summed E-state index contributed by atoms with van der Waals surface area (Å²) in [6, 6.07) is 2.07. The van der Waals surface area contributed by atoms with Gasteiger partial charge < -0.3 is 9.47 Å². The van der Waals surface area contributed by atoms with E-state index in [4.69, 9.17) is 9.47 Å². The monoisotopic (exact) mass is 894 g/mol. The third-order valence-corrected chi connectivity index (χ3v) is 17.4. The van der Waals surface area contributed by atoms with Crippen LogP contribution < -0.4 is 20.1 Å². The van der Waals surface area contributed by atoms with Crippen LogP contribution in [0.4, 0.5) is 21.5 Å². The molecule has 0 spiro atoms. The lowest BCUT2D eigenvalue weighted by Gasteiger charge is -2.32. The lowest BCUT2D eigenvalue weighted by molar-refractivity contribution is 0.172. The summed E-state index contributed by atoms with van der Waals surface area (Å²) in [5, 5.41) is 1.85. The first-order valence-electron chi connectivity index (χ1n) is 17.8. The van der Waals surface area contributed by atoms with Crippen molar-refractivity contribution in [3.05, 3.63) is 59.2 Å². The number of fused-ring (bicyclic) bond motifs is 2. The van der Waals surface area contributed by atoms with Gasteiger partial charge in [-0.05, 0) is 56.9 Å². The molecule has 2 aliphatic rings. The molecule has 26 heteroatoms. The minimum atomic E-state index is -5.88. The number of hydrogen-bond acceptors (Lipinski definition) is 18. The van der Waals surface area contributed by atoms with Crippen molar-refractivity contribution >= 4 is 63.7 Å². The van der Waals surface area contributed by atoms with Crippen LogP contribution in [0.2, 0.25) is 0 Å². The second-order valence-electron chi connectivity index (χ2n) is 13.0. The van der Waals surface area contributed by atoms with E-state index in [0.717, 1.165) is 12.1 Å². The Labute approximate surface area is 339 Å². The standard InChI is InChI=1S/C33H38N10O12S4/c1-7-24-34-28(38-30(36-24)54-6)40-32(44)42(58(50,51)22-14-10-12-20-16-18(4)56(46,47)26(20)22)43(33(45)41-29-35-25(8-2)37-31(39-29)55-9-3)59(52,53)23-15-11-13-21-17-19(5)57(48,49)27(21)23/h10-15,18-19H,7-9,16-17H2,1-6H3,(H,34,36,38,40,44)(H,35,37,39,41,45). The lowest BCUT2D eigenvalue weighted by atomic mass is 10.1. The molecule has 2 aromatic heterocycles. The molecule has 4 heterocycles. The van der Waals surface area contributed by atoms with Crippen molar-refractivity contribution in [2.75, 3.05) is 24.4 Å². The van der Waals surface area contributed by atoms with Crippen LogP contribution in [-0.4, -0.2) is 109 Å². The molecule has 22 nitrogen and oxygen atoms in total. The van der Waals surface area contributed by atoms with Crippen LogP contribution in [0.15, 0.2) is 56.0 Å². The molecule has 59 heavy (non-hydrogen) atoms. The molecule has 2 atom stereocenters. The van der Waals surface area contributed by atoms with Gasteiger partial charge in [-0.2, -0.15) is 46.7 Å². The average Bonchev–Trinajstić information content (AvgIpc) is 3.57. The van der Waals surface area contributed by atoms with Gasteiger partial charge in [-0.3, -0.25) is 10.6 Å². The molecule has 2 aliphatic heterocycles. The number of hydrazine groups is 1. The highest BCUT2D eigenvalue weighted by Crippen LogP contribution is 2.41. The van der Waals surface area contributed by atoms with Gasteiger partial charge in [0.15, 0.2) is 19.7 Å². The smallest absolute Gasteiger partial charge is 0.358 e. The van der Waals surface area contributed by atoms with Crippen LogP contribution in [0.25, 0.3) is 0 Å². The van der Waals surface area contributed by atoms with E-state index < -0.39 is 103 Å². The van der Waals surface area contributed by atoms with Crippen LogP contribution in [0, 0.1) is 0 Å². The van der Waals surface area contributed by atoms with E-state index in [-0.39, 0.29) is 67.1 Å². The first kappa shape index (κ1) is 43.0. The van der Waals surface area contributed by atoms with E-state index in [2.05, 4.69) is 40.5 Å². The summed E-state index contributed by atoms with van der Waals surface area (Å²) in [7, 11) is -19.5. The average molecular weight is 895 g/mol. The predicted octanol–water partition coefficient (Wildman–Crippen LogP) is 2.09. The van der Waals surface area contributed by atoms with Gasteiger partial charge in [0.2, 0.25) is 11.9 Å². The summed E-state index contributed by atoms with van der Waals surface area (Å²) in [5.41, 5.74) is 0.0452. The molecule has 2 N–H and O–H groups in total. The topological polar surface area (TPSA) is 297 Å². The minimum Gasteiger partial charge on any atom is -0.467 e. The number of hydrogen-bond donors (Lipinski definition) is 2.